The van der Waals surface area contributed by atoms with Crippen LogP contribution in [-0.2, 0) is 4.74 Å². The lowest BCUT2D eigenvalue weighted by Crippen LogP contribution is -2.32. The molecule has 0 aromatic rings. The predicted molar refractivity (Wildman–Crippen MR) is 67.3 cm³/mol. The largest absolute Gasteiger partial charge is 0.444 e. The van der Waals surface area contributed by atoms with E-state index in [4.69, 9.17) is 10.5 Å². The Hall–Kier alpha value is -0.730. The molecular weight excluding hydrogens is 202 g/mol. The molecule has 0 heterocycles. The summed E-state index contributed by atoms with van der Waals surface area (Å²) in [6.45, 7) is 8.26. The van der Waals surface area contributed by atoms with Crippen molar-refractivity contribution in [2.24, 2.45) is 11.7 Å². The molecule has 0 aromatic heterocycles. The zero-order valence-electron chi connectivity index (χ0n) is 11.2. The Labute approximate surface area is 99.7 Å². The van der Waals surface area contributed by atoms with Crippen molar-refractivity contribution in [3.8, 4) is 0 Å². The summed E-state index contributed by atoms with van der Waals surface area (Å²) in [5.74, 6) is 0.575. The number of hydrogen-bond acceptors (Lipinski definition) is 2. The molecule has 0 spiro atoms. The second kappa shape index (κ2) is 7.53. The van der Waals surface area contributed by atoms with Gasteiger partial charge in [-0.15, -0.1) is 0 Å². The lowest BCUT2D eigenvalue weighted by molar-refractivity contribution is 0.0272. The minimum absolute atomic E-state index is 0.435. The third-order valence-corrected chi connectivity index (χ3v) is 2.77. The fourth-order valence-corrected chi connectivity index (χ4v) is 2.17. The summed E-state index contributed by atoms with van der Waals surface area (Å²) in [6, 6.07) is 0. The minimum atomic E-state index is -0.678. The highest BCUT2D eigenvalue weighted by molar-refractivity contribution is 5.65. The molecule has 0 saturated heterocycles. The molecule has 0 fully saturated rings. The number of rotatable bonds is 8. The Balaban J connectivity index is 3.75. The molecule has 0 aliphatic rings. The first kappa shape index (κ1) is 15.3. The quantitative estimate of drug-likeness (QED) is 0.642. The lowest BCUT2D eigenvalue weighted by Gasteiger charge is -2.27. The standard InChI is InChI=1S/C13H27NO2/c1-5-6-7-8-9-11(2)10-13(3,4)16-12(14)15/h11H,5-10H2,1-4H3,(H2,14,15). The molecule has 0 rings (SSSR count). The smallest absolute Gasteiger partial charge is 0.405 e. The number of primary amides is 1. The average molecular weight is 229 g/mol. The van der Waals surface area contributed by atoms with Gasteiger partial charge in [-0.3, -0.25) is 0 Å². The Kier molecular flexibility index (Phi) is 7.18. The molecule has 1 amide bonds. The van der Waals surface area contributed by atoms with Gasteiger partial charge >= 0.3 is 6.09 Å². The van der Waals surface area contributed by atoms with E-state index in [2.05, 4.69) is 13.8 Å². The van der Waals surface area contributed by atoms with Gasteiger partial charge in [0.2, 0.25) is 0 Å². The molecule has 0 aliphatic carbocycles. The molecule has 0 aliphatic heterocycles. The van der Waals surface area contributed by atoms with Gasteiger partial charge in [0.15, 0.2) is 0 Å². The van der Waals surface area contributed by atoms with Crippen LogP contribution in [0.25, 0.3) is 0 Å². The van der Waals surface area contributed by atoms with E-state index in [9.17, 15) is 4.79 Å². The van der Waals surface area contributed by atoms with Crippen LogP contribution < -0.4 is 5.73 Å². The van der Waals surface area contributed by atoms with E-state index in [0.29, 0.717) is 5.92 Å². The van der Waals surface area contributed by atoms with Gasteiger partial charge in [-0.2, -0.15) is 0 Å². The lowest BCUT2D eigenvalue weighted by atomic mass is 9.90. The number of amides is 1. The van der Waals surface area contributed by atoms with Gasteiger partial charge in [-0.1, -0.05) is 46.0 Å². The number of unbranched alkanes of at least 4 members (excludes halogenated alkanes) is 3. The Morgan fingerprint density at radius 3 is 2.44 bits per heavy atom. The molecule has 2 N–H and O–H groups in total. The second-order valence-electron chi connectivity index (χ2n) is 5.34. The number of nitrogens with two attached hydrogens (primary N) is 1. The highest BCUT2D eigenvalue weighted by atomic mass is 16.6. The Bertz CT molecular complexity index is 202. The van der Waals surface area contributed by atoms with E-state index in [1.54, 1.807) is 0 Å². The minimum Gasteiger partial charge on any atom is -0.444 e. The monoisotopic (exact) mass is 229 g/mol. The van der Waals surface area contributed by atoms with Crippen molar-refractivity contribution in [1.82, 2.24) is 0 Å². The van der Waals surface area contributed by atoms with E-state index in [0.717, 1.165) is 6.42 Å². The van der Waals surface area contributed by atoms with E-state index in [1.807, 2.05) is 13.8 Å². The molecule has 3 nitrogen and oxygen atoms in total. The summed E-state index contributed by atoms with van der Waals surface area (Å²) in [6.07, 6.45) is 6.55. The van der Waals surface area contributed by atoms with E-state index in [-0.39, 0.29) is 0 Å². The van der Waals surface area contributed by atoms with Gasteiger partial charge < -0.3 is 10.5 Å². The summed E-state index contributed by atoms with van der Waals surface area (Å²) in [7, 11) is 0. The van der Waals surface area contributed by atoms with Crippen molar-refractivity contribution in [2.75, 3.05) is 0 Å². The molecule has 0 saturated carbocycles. The molecular formula is C13H27NO2. The molecule has 16 heavy (non-hydrogen) atoms. The van der Waals surface area contributed by atoms with Crippen molar-refractivity contribution in [3.05, 3.63) is 0 Å². The van der Waals surface area contributed by atoms with Crippen molar-refractivity contribution < 1.29 is 9.53 Å². The third-order valence-electron chi connectivity index (χ3n) is 2.77. The summed E-state index contributed by atoms with van der Waals surface area (Å²) in [4.78, 5) is 10.7. The maximum Gasteiger partial charge on any atom is 0.405 e. The Morgan fingerprint density at radius 2 is 1.94 bits per heavy atom. The highest BCUT2D eigenvalue weighted by Gasteiger charge is 2.24. The van der Waals surface area contributed by atoms with Crippen LogP contribution in [0.4, 0.5) is 4.79 Å². The number of carbonyl (C=O) groups excluding carboxylic acids is 1. The van der Waals surface area contributed by atoms with Gasteiger partial charge in [0, 0.05) is 0 Å². The first-order valence-electron chi connectivity index (χ1n) is 6.36. The molecule has 0 bridgehead atoms. The number of carbonyl (C=O) groups is 1. The van der Waals surface area contributed by atoms with Crippen LogP contribution in [0, 0.1) is 5.92 Å². The number of ether oxygens (including phenoxy) is 1. The first-order chi connectivity index (χ1) is 7.37. The summed E-state index contributed by atoms with van der Waals surface area (Å²) >= 11 is 0. The van der Waals surface area contributed by atoms with Crippen LogP contribution in [0.15, 0.2) is 0 Å². The molecule has 3 heteroatoms. The fourth-order valence-electron chi connectivity index (χ4n) is 2.17. The van der Waals surface area contributed by atoms with Crippen LogP contribution in [0.5, 0.6) is 0 Å². The van der Waals surface area contributed by atoms with Crippen LogP contribution in [0.2, 0.25) is 0 Å². The van der Waals surface area contributed by atoms with E-state index in [1.165, 1.54) is 32.1 Å². The maximum atomic E-state index is 10.7. The second-order valence-corrected chi connectivity index (χ2v) is 5.34. The number of hydrogen-bond donors (Lipinski definition) is 1. The molecule has 0 radical (unpaired) electrons. The van der Waals surface area contributed by atoms with Gasteiger partial charge in [-0.25, -0.2) is 4.79 Å². The predicted octanol–water partition coefficient (Wildman–Crippen LogP) is 3.86. The van der Waals surface area contributed by atoms with Gasteiger partial charge in [-0.05, 0) is 26.2 Å². The van der Waals surface area contributed by atoms with Crippen LogP contribution in [0.3, 0.4) is 0 Å². The van der Waals surface area contributed by atoms with E-state index < -0.39 is 11.7 Å². The zero-order chi connectivity index (χ0) is 12.6. The molecule has 1 unspecified atom stereocenters. The van der Waals surface area contributed by atoms with Crippen molar-refractivity contribution >= 4 is 6.09 Å². The average Bonchev–Trinajstić information content (AvgIpc) is 2.09. The van der Waals surface area contributed by atoms with Crippen LogP contribution in [0.1, 0.15) is 66.2 Å². The van der Waals surface area contributed by atoms with Gasteiger partial charge in [0.05, 0.1) is 0 Å². The topological polar surface area (TPSA) is 52.3 Å². The maximum absolute atomic E-state index is 10.7. The first-order valence-corrected chi connectivity index (χ1v) is 6.36. The van der Waals surface area contributed by atoms with Crippen LogP contribution >= 0.6 is 0 Å². The molecule has 0 aromatic carbocycles. The SMILES string of the molecule is CCCCCCC(C)CC(C)(C)OC(N)=O. The van der Waals surface area contributed by atoms with Crippen molar-refractivity contribution in [2.45, 2.75) is 71.8 Å². The molecule has 96 valence electrons. The molecule has 1 atom stereocenters. The van der Waals surface area contributed by atoms with E-state index >= 15 is 0 Å². The zero-order valence-corrected chi connectivity index (χ0v) is 11.2. The third kappa shape index (κ3) is 8.57. The summed E-state index contributed by atoms with van der Waals surface area (Å²) in [5.41, 5.74) is 4.60. The summed E-state index contributed by atoms with van der Waals surface area (Å²) < 4.78 is 5.07. The van der Waals surface area contributed by atoms with Crippen molar-refractivity contribution in [3.63, 3.8) is 0 Å². The van der Waals surface area contributed by atoms with Gasteiger partial charge in [0.25, 0.3) is 0 Å². The Morgan fingerprint density at radius 1 is 1.31 bits per heavy atom. The van der Waals surface area contributed by atoms with Crippen molar-refractivity contribution in [1.29, 1.82) is 0 Å². The highest BCUT2D eigenvalue weighted by Crippen LogP contribution is 2.24. The normalized spacial score (nSPS) is 13.5. The fraction of sp³-hybridized carbons (Fsp3) is 0.923. The summed E-state index contributed by atoms with van der Waals surface area (Å²) in [5, 5.41) is 0. The van der Waals surface area contributed by atoms with Gasteiger partial charge in [0.1, 0.15) is 5.60 Å². The van der Waals surface area contributed by atoms with Crippen LogP contribution in [-0.4, -0.2) is 11.7 Å².